The summed E-state index contributed by atoms with van der Waals surface area (Å²) < 4.78 is 22.9. The number of esters is 1. The fraction of sp³-hybridized carbons (Fsp3) is 0.133. The zero-order valence-corrected chi connectivity index (χ0v) is 23.0. The molecule has 1 aliphatic rings. The van der Waals surface area contributed by atoms with Crippen molar-refractivity contribution in [2.75, 3.05) is 6.61 Å². The van der Waals surface area contributed by atoms with Crippen LogP contribution in [0.15, 0.2) is 87.4 Å². The van der Waals surface area contributed by atoms with Gasteiger partial charge in [-0.2, -0.15) is 4.98 Å². The first-order chi connectivity index (χ1) is 19.9. The summed E-state index contributed by atoms with van der Waals surface area (Å²) in [7, 11) is 0. The molecular weight excluding hydrogens is 569 g/mol. The number of nitrogens with two attached hydrogens (primary N) is 1. The average molecular weight is 590 g/mol. The normalized spacial score (nSPS) is 14.6. The predicted octanol–water partition coefficient (Wildman–Crippen LogP) is 5.88. The van der Waals surface area contributed by atoms with E-state index in [1.165, 1.54) is 12.1 Å². The maximum Gasteiger partial charge on any atom is 0.344 e. The van der Waals surface area contributed by atoms with Crippen molar-refractivity contribution in [2.24, 2.45) is 5.73 Å². The largest absolute Gasteiger partial charge is 0.472 e. The summed E-state index contributed by atoms with van der Waals surface area (Å²) in [5, 5.41) is 1.30. The molecule has 0 fully saturated rings. The molecule has 1 unspecified atom stereocenters. The lowest BCUT2D eigenvalue weighted by Gasteiger charge is -2.27. The summed E-state index contributed by atoms with van der Waals surface area (Å²) in [6.45, 7) is 1.92. The van der Waals surface area contributed by atoms with Gasteiger partial charge in [-0.1, -0.05) is 65.7 Å². The monoisotopic (exact) mass is 589 g/mol. The van der Waals surface area contributed by atoms with E-state index in [1.54, 1.807) is 19.1 Å². The number of hydrogen-bond acceptors (Lipinski definition) is 9. The van der Waals surface area contributed by atoms with Gasteiger partial charge in [0.2, 0.25) is 11.8 Å². The molecule has 206 valence electrons. The highest BCUT2D eigenvalue weighted by Gasteiger charge is 2.41. The second kappa shape index (κ2) is 10.8. The number of rotatable bonds is 6. The number of para-hydroxylation sites is 1. The fourth-order valence-electron chi connectivity index (χ4n) is 4.74. The molecule has 1 atom stereocenters. The van der Waals surface area contributed by atoms with Crippen molar-refractivity contribution < 1.29 is 23.4 Å². The van der Waals surface area contributed by atoms with Crippen molar-refractivity contribution in [1.82, 2.24) is 9.97 Å². The molecule has 11 heteroatoms. The molecule has 41 heavy (non-hydrogen) atoms. The molecule has 0 saturated heterocycles. The first kappa shape index (κ1) is 26.6. The Hall–Kier alpha value is -4.60. The Bertz CT molecular complexity index is 1920. The zero-order valence-electron chi connectivity index (χ0n) is 21.5. The lowest BCUT2D eigenvalue weighted by atomic mass is 9.88. The summed E-state index contributed by atoms with van der Waals surface area (Å²) in [6, 6.07) is 19.8. The number of fused-ring (bicyclic) bond motifs is 4. The Morgan fingerprint density at radius 1 is 1.02 bits per heavy atom. The number of hydrogen-bond donors (Lipinski definition) is 1. The number of nitrogens with zero attached hydrogens (tertiary/aromatic N) is 2. The van der Waals surface area contributed by atoms with Gasteiger partial charge in [-0.25, -0.2) is 14.6 Å². The highest BCUT2D eigenvalue weighted by molar-refractivity contribution is 6.38. The maximum absolute atomic E-state index is 13.6. The van der Waals surface area contributed by atoms with Crippen LogP contribution in [0.3, 0.4) is 0 Å². The van der Waals surface area contributed by atoms with Gasteiger partial charge in [-0.3, -0.25) is 0 Å². The quantitative estimate of drug-likeness (QED) is 0.191. The van der Waals surface area contributed by atoms with Crippen LogP contribution in [0.1, 0.15) is 29.8 Å². The van der Waals surface area contributed by atoms with Crippen LogP contribution in [0.5, 0.6) is 11.6 Å². The van der Waals surface area contributed by atoms with Crippen LogP contribution in [0, 0.1) is 0 Å². The lowest BCUT2D eigenvalue weighted by molar-refractivity contribution is -0.139. The highest BCUT2D eigenvalue weighted by atomic mass is 35.5. The minimum Gasteiger partial charge on any atom is -0.472 e. The Labute approximate surface area is 243 Å². The molecule has 9 nitrogen and oxygen atoms in total. The summed E-state index contributed by atoms with van der Waals surface area (Å²) in [5.41, 5.74) is 6.79. The molecule has 0 amide bonds. The summed E-state index contributed by atoms with van der Waals surface area (Å²) in [4.78, 5) is 36.2. The molecule has 2 N–H and O–H groups in total. The minimum atomic E-state index is -1.22. The molecule has 5 aromatic rings. The van der Waals surface area contributed by atoms with Crippen LogP contribution >= 0.6 is 23.2 Å². The molecule has 0 saturated carbocycles. The van der Waals surface area contributed by atoms with Crippen LogP contribution < -0.4 is 20.8 Å². The molecule has 1 aliphatic heterocycles. The van der Waals surface area contributed by atoms with E-state index >= 15 is 0 Å². The number of halogens is 2. The SMILES string of the molecule is CCOC(=O)C1=C(N)Oc2c(c(=O)oc3c(Cl)cc(Cl)cc23)C1c1nc(OCc2ccccc2)c2ccccc2n1. The van der Waals surface area contributed by atoms with Crippen LogP contribution in [0.4, 0.5) is 0 Å². The highest BCUT2D eigenvalue weighted by Crippen LogP contribution is 2.45. The second-order valence-electron chi connectivity index (χ2n) is 9.11. The van der Waals surface area contributed by atoms with Crippen LogP contribution in [0.2, 0.25) is 10.0 Å². The van der Waals surface area contributed by atoms with Crippen molar-refractivity contribution in [1.29, 1.82) is 0 Å². The third-order valence-corrected chi connectivity index (χ3v) is 7.02. The van der Waals surface area contributed by atoms with E-state index in [4.69, 9.17) is 57.5 Å². The van der Waals surface area contributed by atoms with Crippen molar-refractivity contribution in [3.8, 4) is 11.6 Å². The van der Waals surface area contributed by atoms with Gasteiger partial charge in [0, 0.05) is 5.02 Å². The van der Waals surface area contributed by atoms with Crippen molar-refractivity contribution >= 4 is 51.0 Å². The van der Waals surface area contributed by atoms with Gasteiger partial charge in [0.1, 0.15) is 18.0 Å². The molecule has 0 aliphatic carbocycles. The van der Waals surface area contributed by atoms with Gasteiger partial charge in [0.15, 0.2) is 11.3 Å². The van der Waals surface area contributed by atoms with E-state index in [1.807, 2.05) is 42.5 Å². The van der Waals surface area contributed by atoms with Crippen LogP contribution in [-0.4, -0.2) is 22.5 Å². The Balaban J connectivity index is 1.60. The van der Waals surface area contributed by atoms with E-state index in [-0.39, 0.29) is 68.7 Å². The number of ether oxygens (including phenoxy) is 3. The van der Waals surface area contributed by atoms with E-state index in [0.29, 0.717) is 10.9 Å². The Kier molecular flexibility index (Phi) is 6.98. The minimum absolute atomic E-state index is 0.0275. The standard InChI is InChI=1S/C30H21Cl2N3O6/c1-2-38-29(36)23-21(22-25(40-26(23)33)18-12-16(31)13-19(32)24(18)41-30(22)37)27-34-20-11-7-6-10-17(20)28(35-27)39-14-15-8-4-3-5-9-15/h3-13,21H,2,14,33H2,1H3. The lowest BCUT2D eigenvalue weighted by Crippen LogP contribution is -2.32. The molecule has 2 aromatic heterocycles. The predicted molar refractivity (Wildman–Crippen MR) is 153 cm³/mol. The van der Waals surface area contributed by atoms with E-state index < -0.39 is 17.5 Å². The topological polar surface area (TPSA) is 127 Å². The number of benzene rings is 3. The third kappa shape index (κ3) is 4.83. The van der Waals surface area contributed by atoms with Crippen LogP contribution in [0.25, 0.3) is 21.9 Å². The summed E-state index contributed by atoms with van der Waals surface area (Å²) in [6.07, 6.45) is 0. The number of carbonyl (C=O) groups excluding carboxylic acids is 1. The Morgan fingerprint density at radius 2 is 1.78 bits per heavy atom. The van der Waals surface area contributed by atoms with E-state index in [0.717, 1.165) is 5.56 Å². The summed E-state index contributed by atoms with van der Waals surface area (Å²) in [5.74, 6) is -1.97. The third-order valence-electron chi connectivity index (χ3n) is 6.52. The van der Waals surface area contributed by atoms with Crippen molar-refractivity contribution in [2.45, 2.75) is 19.4 Å². The Morgan fingerprint density at radius 3 is 2.56 bits per heavy atom. The van der Waals surface area contributed by atoms with Gasteiger partial charge < -0.3 is 24.4 Å². The molecule has 0 bridgehead atoms. The molecule has 3 heterocycles. The van der Waals surface area contributed by atoms with Gasteiger partial charge in [-0.15, -0.1) is 0 Å². The first-order valence-corrected chi connectivity index (χ1v) is 13.3. The molecule has 3 aromatic carbocycles. The molecule has 0 spiro atoms. The summed E-state index contributed by atoms with van der Waals surface area (Å²) >= 11 is 12.6. The van der Waals surface area contributed by atoms with Gasteiger partial charge in [0.05, 0.1) is 39.4 Å². The fourth-order valence-corrected chi connectivity index (χ4v) is 5.28. The second-order valence-corrected chi connectivity index (χ2v) is 9.95. The number of carbonyl (C=O) groups is 1. The number of aromatic nitrogens is 2. The van der Waals surface area contributed by atoms with Gasteiger partial charge >= 0.3 is 11.6 Å². The zero-order chi connectivity index (χ0) is 28.7. The smallest absolute Gasteiger partial charge is 0.344 e. The molecule has 6 rings (SSSR count). The van der Waals surface area contributed by atoms with Gasteiger partial charge in [-0.05, 0) is 36.8 Å². The van der Waals surface area contributed by atoms with Crippen molar-refractivity contribution in [3.63, 3.8) is 0 Å². The average Bonchev–Trinajstić information content (AvgIpc) is 2.96. The van der Waals surface area contributed by atoms with Crippen LogP contribution in [-0.2, 0) is 16.1 Å². The van der Waals surface area contributed by atoms with Crippen molar-refractivity contribution in [3.05, 3.63) is 116 Å². The van der Waals surface area contributed by atoms with E-state index in [2.05, 4.69) is 0 Å². The molecular formula is C30H21Cl2N3O6. The van der Waals surface area contributed by atoms with E-state index in [9.17, 15) is 9.59 Å². The van der Waals surface area contributed by atoms with Gasteiger partial charge in [0.25, 0.3) is 0 Å². The maximum atomic E-state index is 13.6. The molecule has 0 radical (unpaired) electrons. The first-order valence-electron chi connectivity index (χ1n) is 12.6.